The first-order valence-electron chi connectivity index (χ1n) is 4.83. The molecule has 5 heteroatoms. The van der Waals surface area contributed by atoms with Crippen LogP contribution in [-0.4, -0.2) is 17.0 Å². The Balaban J connectivity index is 2.46. The molecule has 0 aliphatic rings. The number of hydrogen-bond donors (Lipinski definition) is 2. The largest absolute Gasteiger partial charge is 0.481 e. The van der Waals surface area contributed by atoms with Gasteiger partial charge < -0.3 is 15.6 Å². The van der Waals surface area contributed by atoms with Crippen LogP contribution in [0.15, 0.2) is 24.3 Å². The van der Waals surface area contributed by atoms with Gasteiger partial charge in [-0.1, -0.05) is 12.1 Å². The molecule has 0 heterocycles. The second-order valence-corrected chi connectivity index (χ2v) is 3.22. The van der Waals surface area contributed by atoms with Gasteiger partial charge in [-0.3, -0.25) is 9.59 Å². The number of carboxylic acid groups (broad SMARTS) is 1. The number of carbonyl (C=O) groups excluding carboxylic acids is 1. The summed E-state index contributed by atoms with van der Waals surface area (Å²) in [7, 11) is 0. The number of hydrogen-bond acceptors (Lipinski definition) is 4. The van der Waals surface area contributed by atoms with Gasteiger partial charge in [0.1, 0.15) is 5.75 Å². The van der Waals surface area contributed by atoms with Crippen molar-refractivity contribution >= 4 is 11.9 Å². The van der Waals surface area contributed by atoms with Crippen LogP contribution < -0.4 is 10.5 Å². The highest BCUT2D eigenvalue weighted by Crippen LogP contribution is 2.12. The van der Waals surface area contributed by atoms with Crippen molar-refractivity contribution in [3.8, 4) is 5.75 Å². The predicted octanol–water partition coefficient (Wildman–Crippen LogP) is 0.915. The molecule has 0 saturated carbocycles. The Kier molecular flexibility index (Phi) is 4.47. The van der Waals surface area contributed by atoms with Gasteiger partial charge in [0.25, 0.3) is 0 Å². The van der Waals surface area contributed by atoms with Crippen molar-refractivity contribution in [1.82, 2.24) is 0 Å². The number of esters is 1. The number of carboxylic acids is 1. The molecule has 0 bridgehead atoms. The summed E-state index contributed by atoms with van der Waals surface area (Å²) in [6, 6.07) is 6.75. The third kappa shape index (κ3) is 4.10. The monoisotopic (exact) mass is 223 g/mol. The van der Waals surface area contributed by atoms with Crippen molar-refractivity contribution in [2.45, 2.75) is 19.4 Å². The van der Waals surface area contributed by atoms with Gasteiger partial charge in [0, 0.05) is 6.54 Å². The van der Waals surface area contributed by atoms with E-state index in [1.54, 1.807) is 24.3 Å². The highest BCUT2D eigenvalue weighted by molar-refractivity contribution is 5.78. The average molecular weight is 223 g/mol. The smallest absolute Gasteiger partial charge is 0.311 e. The van der Waals surface area contributed by atoms with E-state index in [1.807, 2.05) is 0 Å². The van der Waals surface area contributed by atoms with Crippen molar-refractivity contribution in [3.05, 3.63) is 29.8 Å². The topological polar surface area (TPSA) is 89.6 Å². The van der Waals surface area contributed by atoms with Gasteiger partial charge in [0.05, 0.1) is 12.8 Å². The molecule has 1 aromatic rings. The lowest BCUT2D eigenvalue weighted by Gasteiger charge is -2.03. The summed E-state index contributed by atoms with van der Waals surface area (Å²) in [6.07, 6.45) is -0.353. The van der Waals surface area contributed by atoms with Gasteiger partial charge in [-0.25, -0.2) is 0 Å². The molecule has 0 saturated heterocycles. The van der Waals surface area contributed by atoms with E-state index < -0.39 is 11.9 Å². The number of benzene rings is 1. The first-order valence-corrected chi connectivity index (χ1v) is 4.83. The highest BCUT2D eigenvalue weighted by atomic mass is 16.5. The van der Waals surface area contributed by atoms with Crippen LogP contribution in [0.1, 0.15) is 18.4 Å². The van der Waals surface area contributed by atoms with Crippen LogP contribution in [0.5, 0.6) is 5.75 Å². The van der Waals surface area contributed by atoms with Crippen molar-refractivity contribution in [3.63, 3.8) is 0 Å². The van der Waals surface area contributed by atoms with Gasteiger partial charge in [0.2, 0.25) is 0 Å². The van der Waals surface area contributed by atoms with Crippen molar-refractivity contribution < 1.29 is 19.4 Å². The third-order valence-electron chi connectivity index (χ3n) is 1.93. The van der Waals surface area contributed by atoms with Gasteiger partial charge >= 0.3 is 11.9 Å². The van der Waals surface area contributed by atoms with Crippen LogP contribution in [0.25, 0.3) is 0 Å². The van der Waals surface area contributed by atoms with Crippen LogP contribution in [0.4, 0.5) is 0 Å². The minimum absolute atomic E-state index is 0.131. The SMILES string of the molecule is NCc1ccc(OC(=O)CCC(=O)O)cc1. The fraction of sp³-hybridized carbons (Fsp3) is 0.273. The van der Waals surface area contributed by atoms with Crippen molar-refractivity contribution in [1.29, 1.82) is 0 Å². The van der Waals surface area contributed by atoms with E-state index in [9.17, 15) is 9.59 Å². The van der Waals surface area contributed by atoms with E-state index in [0.717, 1.165) is 5.56 Å². The summed E-state index contributed by atoms with van der Waals surface area (Å²) in [5.41, 5.74) is 6.34. The summed E-state index contributed by atoms with van der Waals surface area (Å²) in [5, 5.41) is 8.38. The fourth-order valence-corrected chi connectivity index (χ4v) is 1.09. The first-order chi connectivity index (χ1) is 7.61. The standard InChI is InChI=1S/C11H13NO4/c12-7-8-1-3-9(4-2-8)16-11(15)6-5-10(13)14/h1-4H,5-7,12H2,(H,13,14). The van der Waals surface area contributed by atoms with Crippen molar-refractivity contribution in [2.75, 3.05) is 0 Å². The minimum Gasteiger partial charge on any atom is -0.481 e. The van der Waals surface area contributed by atoms with Crippen LogP contribution in [0, 0.1) is 0 Å². The number of ether oxygens (including phenoxy) is 1. The Labute approximate surface area is 92.8 Å². The number of aliphatic carboxylic acids is 1. The molecule has 0 spiro atoms. The van der Waals surface area contributed by atoms with Gasteiger partial charge in [-0.2, -0.15) is 0 Å². The summed E-state index contributed by atoms with van der Waals surface area (Å²) in [6.45, 7) is 0.424. The Morgan fingerprint density at radius 2 is 1.81 bits per heavy atom. The zero-order valence-corrected chi connectivity index (χ0v) is 8.68. The molecular weight excluding hydrogens is 210 g/mol. The predicted molar refractivity (Wildman–Crippen MR) is 56.8 cm³/mol. The lowest BCUT2D eigenvalue weighted by atomic mass is 10.2. The molecule has 16 heavy (non-hydrogen) atoms. The quantitative estimate of drug-likeness (QED) is 0.572. The zero-order chi connectivity index (χ0) is 12.0. The Hall–Kier alpha value is -1.88. The molecule has 1 rings (SSSR count). The van der Waals surface area contributed by atoms with Crippen molar-refractivity contribution in [2.24, 2.45) is 5.73 Å². The summed E-state index contributed by atoms with van der Waals surface area (Å²) in [5.74, 6) is -1.18. The van der Waals surface area contributed by atoms with E-state index in [2.05, 4.69) is 0 Å². The molecule has 0 atom stereocenters. The lowest BCUT2D eigenvalue weighted by molar-refractivity contribution is -0.142. The summed E-state index contributed by atoms with van der Waals surface area (Å²) < 4.78 is 4.92. The average Bonchev–Trinajstić information content (AvgIpc) is 2.27. The molecule has 0 aliphatic carbocycles. The zero-order valence-electron chi connectivity index (χ0n) is 8.68. The maximum Gasteiger partial charge on any atom is 0.311 e. The van der Waals surface area contributed by atoms with E-state index in [0.29, 0.717) is 12.3 Å². The maximum absolute atomic E-state index is 11.2. The fourth-order valence-electron chi connectivity index (χ4n) is 1.09. The molecule has 0 radical (unpaired) electrons. The summed E-state index contributed by atoms with van der Waals surface area (Å²) >= 11 is 0. The Bertz CT molecular complexity index is 372. The van der Waals surface area contributed by atoms with Gasteiger partial charge in [-0.05, 0) is 17.7 Å². The second kappa shape index (κ2) is 5.87. The molecular formula is C11H13NO4. The highest BCUT2D eigenvalue weighted by Gasteiger charge is 2.07. The number of carbonyl (C=O) groups is 2. The molecule has 0 aliphatic heterocycles. The van der Waals surface area contributed by atoms with Crippen LogP contribution in [0.2, 0.25) is 0 Å². The number of nitrogens with two attached hydrogens (primary N) is 1. The molecule has 0 unspecified atom stereocenters. The molecule has 86 valence electrons. The van der Waals surface area contributed by atoms with Crippen LogP contribution in [0.3, 0.4) is 0 Å². The molecule has 0 aromatic heterocycles. The van der Waals surface area contributed by atoms with Gasteiger partial charge in [-0.15, -0.1) is 0 Å². The van der Waals surface area contributed by atoms with Gasteiger partial charge in [0.15, 0.2) is 0 Å². The molecule has 1 aromatic carbocycles. The molecule has 0 amide bonds. The van der Waals surface area contributed by atoms with Crippen LogP contribution in [-0.2, 0) is 16.1 Å². The summed E-state index contributed by atoms with van der Waals surface area (Å²) in [4.78, 5) is 21.4. The number of rotatable bonds is 5. The molecule has 3 N–H and O–H groups in total. The maximum atomic E-state index is 11.2. The van der Waals surface area contributed by atoms with E-state index in [-0.39, 0.29) is 12.8 Å². The lowest BCUT2D eigenvalue weighted by Crippen LogP contribution is -2.10. The third-order valence-corrected chi connectivity index (χ3v) is 1.93. The minimum atomic E-state index is -1.02. The molecule has 5 nitrogen and oxygen atoms in total. The second-order valence-electron chi connectivity index (χ2n) is 3.22. The van der Waals surface area contributed by atoms with E-state index in [1.165, 1.54) is 0 Å². The first kappa shape index (κ1) is 12.2. The Morgan fingerprint density at radius 3 is 2.31 bits per heavy atom. The Morgan fingerprint density at radius 1 is 1.19 bits per heavy atom. The normalized spacial score (nSPS) is 9.81. The van der Waals surface area contributed by atoms with Crippen LogP contribution >= 0.6 is 0 Å². The van der Waals surface area contributed by atoms with E-state index in [4.69, 9.17) is 15.6 Å². The molecule has 0 fully saturated rings. The van der Waals surface area contributed by atoms with E-state index >= 15 is 0 Å².